The van der Waals surface area contributed by atoms with E-state index < -0.39 is 33.4 Å². The van der Waals surface area contributed by atoms with Gasteiger partial charge in [-0.25, -0.2) is 4.39 Å². The first-order valence-corrected chi connectivity index (χ1v) is 9.34. The second kappa shape index (κ2) is 10.3. The molecule has 0 radical (unpaired) electrons. The molecule has 0 aromatic heterocycles. The fourth-order valence-electron chi connectivity index (χ4n) is 2.14. The van der Waals surface area contributed by atoms with Crippen LogP contribution in [0.15, 0.2) is 36.2 Å². The van der Waals surface area contributed by atoms with Gasteiger partial charge in [0.05, 0.1) is 18.6 Å². The lowest BCUT2D eigenvalue weighted by atomic mass is 10.00. The van der Waals surface area contributed by atoms with E-state index in [1.165, 1.54) is 6.92 Å². The molecule has 9 heteroatoms. The van der Waals surface area contributed by atoms with Crippen LogP contribution in [0.1, 0.15) is 26.3 Å². The van der Waals surface area contributed by atoms with Gasteiger partial charge in [0.15, 0.2) is 0 Å². The largest absolute Gasteiger partial charge is 0.392 e. The van der Waals surface area contributed by atoms with Crippen molar-refractivity contribution in [1.82, 2.24) is 5.32 Å². The normalized spacial score (nSPS) is 14.6. The molecule has 150 valence electrons. The first-order valence-electron chi connectivity index (χ1n) is 8.21. The zero-order valence-electron chi connectivity index (χ0n) is 15.1. The number of hydrogen-bond donors (Lipinski definition) is 3. The highest BCUT2D eigenvalue weighted by Gasteiger charge is 2.34. The number of halogens is 4. The molecule has 5 nitrogen and oxygen atoms in total. The summed E-state index contributed by atoms with van der Waals surface area (Å²) in [5.41, 5.74) is 1.22. The minimum atomic E-state index is -2.21. The highest BCUT2D eigenvalue weighted by Crippen LogP contribution is 2.27. The molecule has 0 saturated heterocycles. The summed E-state index contributed by atoms with van der Waals surface area (Å²) >= 11 is 16.5. The molecule has 1 aromatic rings. The quantitative estimate of drug-likeness (QED) is 0.559. The molecule has 0 saturated carbocycles. The highest BCUT2D eigenvalue weighted by atomic mass is 35.6. The van der Waals surface area contributed by atoms with Gasteiger partial charge in [-0.2, -0.15) is 0 Å². The molecule has 2 atom stereocenters. The highest BCUT2D eigenvalue weighted by molar-refractivity contribution is 6.76. The number of rotatable bonds is 7. The van der Waals surface area contributed by atoms with E-state index in [-0.39, 0.29) is 12.5 Å². The molecule has 2 amide bonds. The van der Waals surface area contributed by atoms with Crippen LogP contribution in [0, 0.1) is 11.8 Å². The number of benzene rings is 1. The summed E-state index contributed by atoms with van der Waals surface area (Å²) in [6.07, 6.45) is 1.11. The van der Waals surface area contributed by atoms with Gasteiger partial charge in [0.1, 0.15) is 5.83 Å². The van der Waals surface area contributed by atoms with Crippen LogP contribution in [0.25, 0.3) is 0 Å². The third-order valence-corrected chi connectivity index (χ3v) is 4.25. The van der Waals surface area contributed by atoms with Crippen molar-refractivity contribution in [2.24, 2.45) is 11.8 Å². The topological polar surface area (TPSA) is 78.4 Å². The summed E-state index contributed by atoms with van der Waals surface area (Å²) in [6, 6.07) is 5.56. The van der Waals surface area contributed by atoms with Crippen molar-refractivity contribution in [3.05, 3.63) is 41.7 Å². The van der Waals surface area contributed by atoms with Crippen LogP contribution in [0.4, 0.5) is 10.1 Å². The van der Waals surface area contributed by atoms with Crippen molar-refractivity contribution in [1.29, 1.82) is 0 Å². The Morgan fingerprint density at radius 2 is 1.74 bits per heavy atom. The zero-order chi connectivity index (χ0) is 20.8. The van der Waals surface area contributed by atoms with Gasteiger partial charge in [-0.3, -0.25) is 9.59 Å². The van der Waals surface area contributed by atoms with Crippen molar-refractivity contribution >= 4 is 52.3 Å². The Balaban J connectivity index is 2.83. The summed E-state index contributed by atoms with van der Waals surface area (Å²) in [4.78, 5) is 24.1. The van der Waals surface area contributed by atoms with Crippen LogP contribution in [-0.4, -0.2) is 26.8 Å². The average molecular weight is 440 g/mol. The third kappa shape index (κ3) is 7.66. The van der Waals surface area contributed by atoms with Crippen molar-refractivity contribution in [3.8, 4) is 0 Å². The third-order valence-electron chi connectivity index (χ3n) is 3.73. The maximum atomic E-state index is 14.6. The number of aliphatic hydroxyl groups is 1. The van der Waals surface area contributed by atoms with E-state index in [0.29, 0.717) is 11.3 Å². The summed E-state index contributed by atoms with van der Waals surface area (Å²) < 4.78 is 12.4. The Morgan fingerprint density at radius 3 is 2.19 bits per heavy atom. The average Bonchev–Trinajstić information content (AvgIpc) is 2.58. The number of anilines is 1. The molecule has 0 heterocycles. The van der Waals surface area contributed by atoms with E-state index in [4.69, 9.17) is 39.9 Å². The lowest BCUT2D eigenvalue weighted by Crippen LogP contribution is -2.44. The van der Waals surface area contributed by atoms with Crippen LogP contribution in [0.5, 0.6) is 0 Å². The fourth-order valence-corrected chi connectivity index (χ4v) is 2.31. The van der Waals surface area contributed by atoms with E-state index in [9.17, 15) is 14.0 Å². The molecule has 0 fully saturated rings. The van der Waals surface area contributed by atoms with Gasteiger partial charge in [-0.05, 0) is 36.6 Å². The van der Waals surface area contributed by atoms with Gasteiger partial charge in [0.2, 0.25) is 5.91 Å². The predicted molar refractivity (Wildman–Crippen MR) is 106 cm³/mol. The number of hydrogen-bond acceptors (Lipinski definition) is 3. The Bertz CT molecular complexity index is 688. The predicted octanol–water partition coefficient (Wildman–Crippen LogP) is 4.12. The Labute approximate surface area is 172 Å². The van der Waals surface area contributed by atoms with Crippen LogP contribution >= 0.6 is 34.8 Å². The number of alkyl halides is 3. The van der Waals surface area contributed by atoms with E-state index in [1.54, 1.807) is 38.1 Å². The monoisotopic (exact) mass is 438 g/mol. The van der Waals surface area contributed by atoms with Crippen molar-refractivity contribution in [2.45, 2.75) is 37.2 Å². The molecule has 0 aliphatic carbocycles. The maximum absolute atomic E-state index is 14.6. The first kappa shape index (κ1) is 23.7. The lowest BCUT2D eigenvalue weighted by Gasteiger charge is -2.23. The van der Waals surface area contributed by atoms with Gasteiger partial charge in [0.25, 0.3) is 9.70 Å². The molecule has 0 bridgehead atoms. The van der Waals surface area contributed by atoms with Gasteiger partial charge < -0.3 is 15.7 Å². The second-order valence-corrected chi connectivity index (χ2v) is 8.66. The van der Waals surface area contributed by atoms with E-state index >= 15 is 0 Å². The van der Waals surface area contributed by atoms with Crippen LogP contribution in [0.3, 0.4) is 0 Å². The minimum Gasteiger partial charge on any atom is -0.392 e. The van der Waals surface area contributed by atoms with E-state index in [2.05, 4.69) is 10.6 Å². The summed E-state index contributed by atoms with van der Waals surface area (Å²) in [6.45, 7) is 4.79. The number of aliphatic hydroxyl groups excluding tert-OH is 1. The second-order valence-electron chi connectivity index (χ2n) is 6.38. The maximum Gasteiger partial charge on any atom is 0.272 e. The molecule has 3 N–H and O–H groups in total. The molecule has 2 unspecified atom stereocenters. The summed E-state index contributed by atoms with van der Waals surface area (Å²) in [5, 5.41) is 14.0. The lowest BCUT2D eigenvalue weighted by molar-refractivity contribution is -0.121. The molecule has 27 heavy (non-hydrogen) atoms. The first-order chi connectivity index (χ1) is 12.5. The van der Waals surface area contributed by atoms with Crippen molar-refractivity contribution in [3.63, 3.8) is 0 Å². The fraction of sp³-hybridized carbons (Fsp3) is 0.444. The number of carbonyl (C=O) groups is 2. The Morgan fingerprint density at radius 1 is 1.19 bits per heavy atom. The smallest absolute Gasteiger partial charge is 0.272 e. The number of carbonyl (C=O) groups excluding carboxylic acids is 2. The Kier molecular flexibility index (Phi) is 9.02. The van der Waals surface area contributed by atoms with Gasteiger partial charge in [0, 0.05) is 5.69 Å². The van der Waals surface area contributed by atoms with Crippen LogP contribution in [0.2, 0.25) is 0 Å². The summed E-state index contributed by atoms with van der Waals surface area (Å²) in [7, 11) is 0. The number of amides is 2. The molecule has 0 aliphatic heterocycles. The SMILES string of the molecule is CC(C=C(F)C(NC(=O)C(Cl)(Cl)Cl)C(C)C)C(=O)Nc1ccc(CO)cc1. The molecule has 0 aliphatic rings. The van der Waals surface area contributed by atoms with Crippen LogP contribution in [-0.2, 0) is 16.2 Å². The molecular formula is C18H22Cl3FN2O3. The van der Waals surface area contributed by atoms with E-state index in [0.717, 1.165) is 6.08 Å². The van der Waals surface area contributed by atoms with E-state index in [1.807, 2.05) is 0 Å². The van der Waals surface area contributed by atoms with Crippen molar-refractivity contribution in [2.75, 3.05) is 5.32 Å². The molecule has 0 spiro atoms. The Hall–Kier alpha value is -1.34. The minimum absolute atomic E-state index is 0.102. The summed E-state index contributed by atoms with van der Waals surface area (Å²) in [5.74, 6) is -3.23. The standard InChI is InChI=1S/C18H22Cl3FN2O3/c1-10(2)15(24-17(27)18(19,20)21)14(22)8-11(3)16(26)23-13-6-4-12(9-25)5-7-13/h4-8,10-11,15,25H,9H2,1-3H3,(H,23,26)(H,24,27). The molecule has 1 aromatic carbocycles. The number of nitrogens with one attached hydrogen (secondary N) is 2. The van der Waals surface area contributed by atoms with Gasteiger partial charge >= 0.3 is 0 Å². The zero-order valence-corrected chi connectivity index (χ0v) is 17.4. The molecule has 1 rings (SSSR count). The van der Waals surface area contributed by atoms with Gasteiger partial charge in [-0.1, -0.05) is 60.8 Å². The van der Waals surface area contributed by atoms with Crippen LogP contribution < -0.4 is 10.6 Å². The van der Waals surface area contributed by atoms with Gasteiger partial charge in [-0.15, -0.1) is 0 Å². The molecular weight excluding hydrogens is 418 g/mol. The van der Waals surface area contributed by atoms with Crippen molar-refractivity contribution < 1.29 is 19.1 Å².